The van der Waals surface area contributed by atoms with Crippen LogP contribution in [-0.2, 0) is 23.9 Å². The fourth-order valence-corrected chi connectivity index (χ4v) is 5.79. The fraction of sp³-hybridized carbons (Fsp3) is 0.500. The first kappa shape index (κ1) is 27.4. The zero-order valence-corrected chi connectivity index (χ0v) is 23.2. The molecule has 2 aliphatic rings. The number of carbonyl (C=O) groups is 3. The Morgan fingerprint density at radius 2 is 2.00 bits per heavy atom. The lowest BCUT2D eigenvalue weighted by Gasteiger charge is -2.43. The lowest BCUT2D eigenvalue weighted by Crippen LogP contribution is -2.60. The third kappa shape index (κ3) is 6.03. The highest BCUT2D eigenvalue weighted by Crippen LogP contribution is 2.33. The molecule has 3 aromatic rings. The summed E-state index contributed by atoms with van der Waals surface area (Å²) >= 11 is 6.43. The third-order valence-corrected chi connectivity index (χ3v) is 7.90. The number of benzene rings is 1. The number of morpholine rings is 1. The molecular weight excluding hydrogens is 522 g/mol. The fourth-order valence-electron chi connectivity index (χ4n) is 5.57. The number of pyridine rings is 1. The van der Waals surface area contributed by atoms with Gasteiger partial charge in [0.1, 0.15) is 6.04 Å². The Balaban J connectivity index is 1.30. The summed E-state index contributed by atoms with van der Waals surface area (Å²) in [6, 6.07) is 4.82. The van der Waals surface area contributed by atoms with Gasteiger partial charge in [-0.3, -0.25) is 24.3 Å². The molecule has 11 heteroatoms. The van der Waals surface area contributed by atoms with Crippen molar-refractivity contribution in [1.29, 1.82) is 0 Å². The van der Waals surface area contributed by atoms with Gasteiger partial charge >= 0.3 is 5.97 Å². The number of likely N-dealkylation sites (tertiary alicyclic amines) is 1. The number of methoxy groups -OCH3 is 1. The van der Waals surface area contributed by atoms with Gasteiger partial charge in [-0.25, -0.2) is 0 Å². The number of ether oxygens (including phenoxy) is 2. The first-order chi connectivity index (χ1) is 18.6. The Hall–Kier alpha value is -3.21. The number of nitrogens with zero attached hydrogens (tertiary/aromatic N) is 3. The van der Waals surface area contributed by atoms with Crippen molar-refractivity contribution >= 4 is 56.9 Å². The van der Waals surface area contributed by atoms with Crippen molar-refractivity contribution < 1.29 is 23.9 Å². The number of rotatable bonds is 6. The zero-order valence-electron chi connectivity index (χ0n) is 22.5. The Kier molecular flexibility index (Phi) is 7.80. The molecule has 0 saturated carbocycles. The molecule has 1 aromatic carbocycles. The summed E-state index contributed by atoms with van der Waals surface area (Å²) in [6.07, 6.45) is 5.33. The molecule has 0 unspecified atom stereocenters. The monoisotopic (exact) mass is 555 g/mol. The molecule has 2 N–H and O–H groups in total. The van der Waals surface area contributed by atoms with Gasteiger partial charge in [-0.05, 0) is 50.8 Å². The van der Waals surface area contributed by atoms with E-state index in [1.165, 1.54) is 7.11 Å². The van der Waals surface area contributed by atoms with Gasteiger partial charge in [0, 0.05) is 48.0 Å². The molecule has 2 saturated heterocycles. The smallest absolute Gasteiger partial charge is 0.305 e. The van der Waals surface area contributed by atoms with Gasteiger partial charge in [0.15, 0.2) is 0 Å². The largest absolute Gasteiger partial charge is 0.469 e. The number of nitrogens with one attached hydrogen (secondary N) is 2. The molecule has 10 nitrogen and oxygen atoms in total. The van der Waals surface area contributed by atoms with Crippen molar-refractivity contribution in [2.45, 2.75) is 44.8 Å². The summed E-state index contributed by atoms with van der Waals surface area (Å²) < 4.78 is 10.8. The van der Waals surface area contributed by atoms with E-state index in [2.05, 4.69) is 15.3 Å². The van der Waals surface area contributed by atoms with Crippen molar-refractivity contribution in [2.75, 3.05) is 45.2 Å². The van der Waals surface area contributed by atoms with Crippen LogP contribution in [-0.4, -0.2) is 89.1 Å². The van der Waals surface area contributed by atoms with Crippen LogP contribution in [0.5, 0.6) is 0 Å². The standard InChI is InChI=1S/C28H34ClN5O5/c1-28(2)16-34(14-24(35)33-8-5-17(6-9-33)10-25(36)38-3)23(15-39-28)27(37)32-21-12-18(29)11-20-19-4-7-30-13-22(19)31-26(20)21/h4,7,11-13,17,23,31H,5-6,8-10,14-16H2,1-3H3,(H,32,37)/t23-/m0/s1. The van der Waals surface area contributed by atoms with E-state index in [4.69, 9.17) is 21.1 Å². The number of esters is 1. The van der Waals surface area contributed by atoms with Gasteiger partial charge in [-0.2, -0.15) is 0 Å². The summed E-state index contributed by atoms with van der Waals surface area (Å²) in [7, 11) is 1.39. The highest BCUT2D eigenvalue weighted by Gasteiger charge is 2.39. The van der Waals surface area contributed by atoms with Crippen LogP contribution in [0.3, 0.4) is 0 Å². The number of hydrogen-bond donors (Lipinski definition) is 2. The normalized spacial score (nSPS) is 20.3. The number of amides is 2. The molecule has 5 rings (SSSR count). The SMILES string of the molecule is COC(=O)CC1CCN(C(=O)CN2CC(C)(C)OC[C@H]2C(=O)Nc2cc(Cl)cc3c2[nH]c2cnccc23)CC1. The first-order valence-electron chi connectivity index (χ1n) is 13.2. The van der Waals surface area contributed by atoms with E-state index < -0.39 is 11.6 Å². The third-order valence-electron chi connectivity index (χ3n) is 7.68. The molecule has 4 heterocycles. The van der Waals surface area contributed by atoms with E-state index in [1.54, 1.807) is 18.5 Å². The van der Waals surface area contributed by atoms with Gasteiger partial charge in [-0.15, -0.1) is 0 Å². The van der Waals surface area contributed by atoms with Gasteiger partial charge in [0.25, 0.3) is 0 Å². The average molecular weight is 556 g/mol. The van der Waals surface area contributed by atoms with Gasteiger partial charge in [0.2, 0.25) is 11.8 Å². The maximum atomic E-state index is 13.6. The molecule has 2 fully saturated rings. The predicted molar refractivity (Wildman–Crippen MR) is 149 cm³/mol. The quantitative estimate of drug-likeness (QED) is 0.446. The molecular formula is C28H34ClN5O5. The summed E-state index contributed by atoms with van der Waals surface area (Å²) in [5, 5.41) is 5.38. The van der Waals surface area contributed by atoms with Gasteiger partial charge in [-0.1, -0.05) is 11.6 Å². The summed E-state index contributed by atoms with van der Waals surface area (Å²) in [4.78, 5) is 49.8. The molecule has 0 spiro atoms. The Labute approximate surface area is 232 Å². The number of hydrogen-bond acceptors (Lipinski definition) is 7. The maximum Gasteiger partial charge on any atom is 0.305 e. The zero-order chi connectivity index (χ0) is 27.7. The summed E-state index contributed by atoms with van der Waals surface area (Å²) in [5.74, 6) is -0.298. The van der Waals surface area contributed by atoms with Crippen LogP contribution >= 0.6 is 11.6 Å². The van der Waals surface area contributed by atoms with E-state index in [9.17, 15) is 14.4 Å². The molecule has 2 amide bonds. The average Bonchev–Trinajstić information content (AvgIpc) is 3.27. The molecule has 0 aliphatic carbocycles. The van der Waals surface area contributed by atoms with Crippen molar-refractivity contribution in [3.05, 3.63) is 35.6 Å². The number of H-pyrrole nitrogens is 1. The van der Waals surface area contributed by atoms with Gasteiger partial charge in [0.05, 0.1) is 48.8 Å². The van der Waals surface area contributed by atoms with Crippen molar-refractivity contribution in [2.24, 2.45) is 5.92 Å². The molecule has 2 aliphatic heterocycles. The number of carbonyl (C=O) groups excluding carboxylic acids is 3. The highest BCUT2D eigenvalue weighted by molar-refractivity contribution is 6.33. The van der Waals surface area contributed by atoms with Crippen LogP contribution in [0.4, 0.5) is 5.69 Å². The Morgan fingerprint density at radius 3 is 2.74 bits per heavy atom. The highest BCUT2D eigenvalue weighted by atomic mass is 35.5. The van der Waals surface area contributed by atoms with Crippen LogP contribution in [0.1, 0.15) is 33.1 Å². The van der Waals surface area contributed by atoms with Crippen LogP contribution in [0.25, 0.3) is 21.8 Å². The topological polar surface area (TPSA) is 117 Å². The van der Waals surface area contributed by atoms with Crippen molar-refractivity contribution in [3.63, 3.8) is 0 Å². The molecule has 0 radical (unpaired) electrons. The Bertz CT molecular complexity index is 1400. The number of fused-ring (bicyclic) bond motifs is 3. The second kappa shape index (κ2) is 11.1. The number of piperidine rings is 1. The van der Waals surface area contributed by atoms with Crippen molar-refractivity contribution in [1.82, 2.24) is 19.8 Å². The molecule has 1 atom stereocenters. The minimum absolute atomic E-state index is 0.0321. The van der Waals surface area contributed by atoms with E-state index in [0.717, 1.165) is 34.6 Å². The summed E-state index contributed by atoms with van der Waals surface area (Å²) in [5.41, 5.74) is 1.65. The number of aromatic amines is 1. The maximum absolute atomic E-state index is 13.6. The lowest BCUT2D eigenvalue weighted by molar-refractivity contribution is -0.150. The summed E-state index contributed by atoms with van der Waals surface area (Å²) in [6.45, 7) is 5.77. The predicted octanol–water partition coefficient (Wildman–Crippen LogP) is 3.59. The van der Waals surface area contributed by atoms with Crippen LogP contribution < -0.4 is 5.32 Å². The lowest BCUT2D eigenvalue weighted by atomic mass is 9.93. The molecule has 0 bridgehead atoms. The second-order valence-electron chi connectivity index (χ2n) is 11.0. The van der Waals surface area contributed by atoms with E-state index >= 15 is 0 Å². The minimum Gasteiger partial charge on any atom is -0.469 e. The molecule has 208 valence electrons. The van der Waals surface area contributed by atoms with E-state index in [0.29, 0.717) is 36.8 Å². The van der Waals surface area contributed by atoms with E-state index in [-0.39, 0.29) is 36.9 Å². The van der Waals surface area contributed by atoms with Crippen molar-refractivity contribution in [3.8, 4) is 0 Å². The second-order valence-corrected chi connectivity index (χ2v) is 11.4. The van der Waals surface area contributed by atoms with Crippen LogP contribution in [0, 0.1) is 5.92 Å². The van der Waals surface area contributed by atoms with E-state index in [1.807, 2.05) is 35.8 Å². The number of aromatic nitrogens is 2. The van der Waals surface area contributed by atoms with Crippen LogP contribution in [0.15, 0.2) is 30.6 Å². The first-order valence-corrected chi connectivity index (χ1v) is 13.6. The number of anilines is 1. The van der Waals surface area contributed by atoms with Gasteiger partial charge < -0.3 is 24.7 Å². The molecule has 39 heavy (non-hydrogen) atoms. The number of halogens is 1. The Morgan fingerprint density at radius 1 is 1.23 bits per heavy atom. The molecule has 2 aromatic heterocycles. The minimum atomic E-state index is -0.654. The van der Waals surface area contributed by atoms with Crippen LogP contribution in [0.2, 0.25) is 5.02 Å².